The zero-order valence-corrected chi connectivity index (χ0v) is 19.7. The van der Waals surface area contributed by atoms with Gasteiger partial charge in [0.15, 0.2) is 0 Å². The smallest absolute Gasteiger partial charge is 0.119 e. The zero-order chi connectivity index (χ0) is 23.2. The van der Waals surface area contributed by atoms with E-state index in [1.54, 1.807) is 12.2 Å². The topological polar surface area (TPSA) is 18.5 Å². The van der Waals surface area contributed by atoms with Gasteiger partial charge in [-0.1, -0.05) is 102 Å². The Kier molecular flexibility index (Phi) is 7.25. The first-order valence-corrected chi connectivity index (χ1v) is 11.1. The Bertz CT molecular complexity index is 954. The van der Waals surface area contributed by atoms with E-state index < -0.39 is 0 Å². The molecule has 2 nitrogen and oxygen atoms in total. The molecule has 0 spiro atoms. The fraction of sp³-hybridized carbons (Fsp3) is 0.267. The molecule has 3 aromatic rings. The predicted molar refractivity (Wildman–Crippen MR) is 135 cm³/mol. The number of benzene rings is 3. The summed E-state index contributed by atoms with van der Waals surface area (Å²) >= 11 is 0. The summed E-state index contributed by atoms with van der Waals surface area (Å²) in [5.41, 5.74) is 4.80. The van der Waals surface area contributed by atoms with E-state index in [2.05, 4.69) is 89.4 Å². The molecule has 0 atom stereocenters. The quantitative estimate of drug-likeness (QED) is 0.313. The highest BCUT2D eigenvalue weighted by Gasteiger charge is 2.32. The van der Waals surface area contributed by atoms with E-state index in [9.17, 15) is 0 Å². The predicted octanol–water partition coefficient (Wildman–Crippen LogP) is 7.47. The third-order valence-corrected chi connectivity index (χ3v) is 6.16. The summed E-state index contributed by atoms with van der Waals surface area (Å²) in [5, 5.41) is 0. The van der Waals surface area contributed by atoms with Gasteiger partial charge in [0.05, 0.1) is 0 Å². The van der Waals surface area contributed by atoms with Crippen molar-refractivity contribution in [3.05, 3.63) is 120 Å². The average Bonchev–Trinajstić information content (AvgIpc) is 2.82. The molecule has 3 aromatic carbocycles. The van der Waals surface area contributed by atoms with Gasteiger partial charge in [0.1, 0.15) is 24.7 Å². The van der Waals surface area contributed by atoms with Gasteiger partial charge in [0.25, 0.3) is 0 Å². The molecule has 0 radical (unpaired) electrons. The lowest BCUT2D eigenvalue weighted by Crippen LogP contribution is -2.28. The molecular formula is C30H34O2. The summed E-state index contributed by atoms with van der Waals surface area (Å²) in [6.07, 6.45) is 3.52. The van der Waals surface area contributed by atoms with Crippen LogP contribution >= 0.6 is 0 Å². The van der Waals surface area contributed by atoms with E-state index in [-0.39, 0.29) is 10.8 Å². The van der Waals surface area contributed by atoms with Gasteiger partial charge < -0.3 is 9.47 Å². The van der Waals surface area contributed by atoms with Crippen molar-refractivity contribution in [1.29, 1.82) is 0 Å². The van der Waals surface area contributed by atoms with E-state index in [1.165, 1.54) is 22.3 Å². The molecule has 0 saturated carbocycles. The minimum absolute atomic E-state index is 0.169. The maximum absolute atomic E-state index is 5.66. The first-order valence-electron chi connectivity index (χ1n) is 11.1. The highest BCUT2D eigenvalue weighted by molar-refractivity contribution is 5.50. The molecule has 2 heteroatoms. The van der Waals surface area contributed by atoms with E-state index in [0.717, 1.165) is 11.5 Å². The third-order valence-electron chi connectivity index (χ3n) is 6.16. The summed E-state index contributed by atoms with van der Waals surface area (Å²) in [7, 11) is 0. The molecule has 32 heavy (non-hydrogen) atoms. The van der Waals surface area contributed by atoms with Gasteiger partial charge in [0.2, 0.25) is 0 Å². The van der Waals surface area contributed by atoms with Gasteiger partial charge in [0, 0.05) is 10.8 Å². The zero-order valence-electron chi connectivity index (χ0n) is 19.7. The van der Waals surface area contributed by atoms with Crippen molar-refractivity contribution in [2.75, 3.05) is 13.2 Å². The van der Waals surface area contributed by atoms with E-state index in [1.807, 2.05) is 24.3 Å². The van der Waals surface area contributed by atoms with Crippen LogP contribution in [0.3, 0.4) is 0 Å². The second-order valence-electron chi connectivity index (χ2n) is 9.04. The monoisotopic (exact) mass is 426 g/mol. The lowest BCUT2D eigenvalue weighted by Gasteiger charge is -2.35. The lowest BCUT2D eigenvalue weighted by molar-refractivity contribution is 0.362. The number of rotatable bonds is 10. The molecule has 0 amide bonds. The van der Waals surface area contributed by atoms with Crippen molar-refractivity contribution < 1.29 is 9.47 Å². The van der Waals surface area contributed by atoms with Gasteiger partial charge >= 0.3 is 0 Å². The summed E-state index contributed by atoms with van der Waals surface area (Å²) < 4.78 is 11.3. The molecule has 0 unspecified atom stereocenters. The van der Waals surface area contributed by atoms with Gasteiger partial charge in [-0.05, 0) is 46.5 Å². The summed E-state index contributed by atoms with van der Waals surface area (Å²) in [5.74, 6) is 1.72. The largest absolute Gasteiger partial charge is 0.490 e. The Morgan fingerprint density at radius 2 is 0.938 bits per heavy atom. The molecule has 0 aliphatic carbocycles. The van der Waals surface area contributed by atoms with Gasteiger partial charge in [-0.25, -0.2) is 0 Å². The molecule has 0 N–H and O–H groups in total. The number of hydrogen-bond acceptors (Lipinski definition) is 2. The van der Waals surface area contributed by atoms with Crippen LogP contribution in [0.25, 0.3) is 0 Å². The highest BCUT2D eigenvalue weighted by Crippen LogP contribution is 2.41. The molecule has 0 aromatic heterocycles. The maximum Gasteiger partial charge on any atom is 0.119 e. The second-order valence-corrected chi connectivity index (χ2v) is 9.04. The molecule has 0 heterocycles. The third kappa shape index (κ3) is 4.96. The van der Waals surface area contributed by atoms with Crippen LogP contribution in [0, 0.1) is 0 Å². The van der Waals surface area contributed by atoms with E-state index in [4.69, 9.17) is 9.47 Å². The second kappa shape index (κ2) is 9.91. The Balaban J connectivity index is 1.96. The molecule has 0 saturated heterocycles. The van der Waals surface area contributed by atoms with Crippen LogP contribution in [-0.2, 0) is 10.8 Å². The average molecular weight is 427 g/mol. The summed E-state index contributed by atoms with van der Waals surface area (Å²) in [4.78, 5) is 0. The first-order chi connectivity index (χ1) is 15.3. The standard InChI is InChI=1S/C30H34O2/c1-7-21-31-25-17-13-23(14-18-25)29(3,4)27-11-9-10-12-28(27)30(5,6)24-15-19-26(20-16-24)32-22-8-2/h7-20H,1-2,21-22H2,3-6H3. The van der Waals surface area contributed by atoms with Crippen molar-refractivity contribution in [2.45, 2.75) is 38.5 Å². The van der Waals surface area contributed by atoms with Crippen molar-refractivity contribution in [3.8, 4) is 11.5 Å². The van der Waals surface area contributed by atoms with Crippen molar-refractivity contribution in [3.63, 3.8) is 0 Å². The molecule has 0 fully saturated rings. The number of ether oxygens (including phenoxy) is 2. The summed E-state index contributed by atoms with van der Waals surface area (Å²) in [6.45, 7) is 17.6. The molecule has 166 valence electrons. The lowest BCUT2D eigenvalue weighted by atomic mass is 9.68. The van der Waals surface area contributed by atoms with Gasteiger partial charge in [-0.2, -0.15) is 0 Å². The molecule has 0 aliphatic rings. The van der Waals surface area contributed by atoms with Crippen molar-refractivity contribution in [1.82, 2.24) is 0 Å². The molecule has 0 aliphatic heterocycles. The Hall–Kier alpha value is -3.26. The fourth-order valence-electron chi connectivity index (χ4n) is 4.13. The van der Waals surface area contributed by atoms with Crippen LogP contribution in [0.2, 0.25) is 0 Å². The van der Waals surface area contributed by atoms with Gasteiger partial charge in [-0.15, -0.1) is 0 Å². The Labute approximate surface area is 193 Å². The molecular weight excluding hydrogens is 392 g/mol. The SMILES string of the molecule is C=CCOc1ccc(C(C)(C)c2ccccc2C(C)(C)c2ccc(OCC=C)cc2)cc1. The molecule has 3 rings (SSSR count). The van der Waals surface area contributed by atoms with Crippen LogP contribution in [0.4, 0.5) is 0 Å². The first kappa shape index (κ1) is 23.4. The Morgan fingerprint density at radius 3 is 1.25 bits per heavy atom. The van der Waals surface area contributed by atoms with Crippen LogP contribution in [0.1, 0.15) is 49.9 Å². The maximum atomic E-state index is 5.66. The molecule has 0 bridgehead atoms. The van der Waals surface area contributed by atoms with Crippen LogP contribution in [0.15, 0.2) is 98.1 Å². The fourth-order valence-corrected chi connectivity index (χ4v) is 4.13. The van der Waals surface area contributed by atoms with Crippen molar-refractivity contribution >= 4 is 0 Å². The highest BCUT2D eigenvalue weighted by atomic mass is 16.5. The van der Waals surface area contributed by atoms with Gasteiger partial charge in [-0.3, -0.25) is 0 Å². The van der Waals surface area contributed by atoms with E-state index >= 15 is 0 Å². The van der Waals surface area contributed by atoms with Crippen LogP contribution in [-0.4, -0.2) is 13.2 Å². The van der Waals surface area contributed by atoms with Crippen LogP contribution < -0.4 is 9.47 Å². The number of hydrogen-bond donors (Lipinski definition) is 0. The van der Waals surface area contributed by atoms with Crippen LogP contribution in [0.5, 0.6) is 11.5 Å². The van der Waals surface area contributed by atoms with Crippen molar-refractivity contribution in [2.24, 2.45) is 0 Å². The minimum atomic E-state index is -0.169. The normalized spacial score (nSPS) is 11.6. The Morgan fingerprint density at radius 1 is 0.594 bits per heavy atom. The summed E-state index contributed by atoms with van der Waals surface area (Å²) in [6, 6.07) is 25.6. The minimum Gasteiger partial charge on any atom is -0.490 e. The van der Waals surface area contributed by atoms with E-state index in [0.29, 0.717) is 13.2 Å².